The van der Waals surface area contributed by atoms with Crippen molar-refractivity contribution in [1.29, 1.82) is 0 Å². The Kier molecular flexibility index (Phi) is 6.12. The molecule has 7 nitrogen and oxygen atoms in total. The van der Waals surface area contributed by atoms with Crippen LogP contribution >= 0.6 is 0 Å². The highest BCUT2D eigenvalue weighted by Gasteiger charge is 2.20. The van der Waals surface area contributed by atoms with Crippen molar-refractivity contribution < 1.29 is 14.4 Å². The van der Waals surface area contributed by atoms with Gasteiger partial charge in [-0.15, -0.1) is 0 Å². The molecule has 0 saturated carbocycles. The summed E-state index contributed by atoms with van der Waals surface area (Å²) in [7, 11) is 0. The predicted octanol–water partition coefficient (Wildman–Crippen LogP) is 2.07. The van der Waals surface area contributed by atoms with Crippen molar-refractivity contribution in [2.75, 3.05) is 10.6 Å². The highest BCUT2D eigenvalue weighted by Crippen LogP contribution is 2.14. The molecule has 1 atom stereocenters. The van der Waals surface area contributed by atoms with E-state index in [1.54, 1.807) is 31.2 Å². The molecule has 1 aromatic rings. The van der Waals surface area contributed by atoms with Crippen LogP contribution in [0.2, 0.25) is 0 Å². The van der Waals surface area contributed by atoms with Crippen LogP contribution in [0, 0.1) is 0 Å². The second kappa shape index (κ2) is 7.62. The zero-order valence-corrected chi connectivity index (χ0v) is 14.1. The average Bonchev–Trinajstić information content (AvgIpc) is 2.35. The minimum Gasteiger partial charge on any atom is -0.350 e. The second-order valence-electron chi connectivity index (χ2n) is 6.32. The van der Waals surface area contributed by atoms with Crippen LogP contribution in [0.1, 0.15) is 34.6 Å². The molecule has 4 amide bonds. The zero-order valence-electron chi connectivity index (χ0n) is 14.1. The molecule has 0 fully saturated rings. The number of rotatable bonds is 4. The van der Waals surface area contributed by atoms with E-state index in [0.717, 1.165) is 0 Å². The van der Waals surface area contributed by atoms with Crippen LogP contribution in [-0.2, 0) is 9.59 Å². The Labute approximate surface area is 136 Å². The third-order valence-electron chi connectivity index (χ3n) is 2.68. The molecule has 0 aliphatic carbocycles. The van der Waals surface area contributed by atoms with Gasteiger partial charge in [0.2, 0.25) is 11.8 Å². The van der Waals surface area contributed by atoms with Gasteiger partial charge in [-0.1, -0.05) is 6.07 Å². The molecule has 0 aromatic heterocycles. The molecule has 1 rings (SSSR count). The van der Waals surface area contributed by atoms with Crippen molar-refractivity contribution in [3.63, 3.8) is 0 Å². The highest BCUT2D eigenvalue weighted by molar-refractivity contribution is 5.95. The van der Waals surface area contributed by atoms with Gasteiger partial charge in [-0.2, -0.15) is 0 Å². The van der Waals surface area contributed by atoms with Gasteiger partial charge >= 0.3 is 6.03 Å². The van der Waals surface area contributed by atoms with Gasteiger partial charge in [-0.25, -0.2) is 4.79 Å². The molecular formula is C16H24N4O3. The third-order valence-corrected chi connectivity index (χ3v) is 2.68. The lowest BCUT2D eigenvalue weighted by Crippen LogP contribution is -2.51. The van der Waals surface area contributed by atoms with Gasteiger partial charge in [0.05, 0.1) is 0 Å². The molecule has 0 bridgehead atoms. The van der Waals surface area contributed by atoms with Gasteiger partial charge in [0.25, 0.3) is 0 Å². The predicted molar refractivity (Wildman–Crippen MR) is 90.3 cm³/mol. The number of hydrogen-bond acceptors (Lipinski definition) is 3. The Morgan fingerprint density at radius 1 is 1.04 bits per heavy atom. The van der Waals surface area contributed by atoms with Crippen molar-refractivity contribution in [2.24, 2.45) is 0 Å². The minimum atomic E-state index is -0.673. The standard InChI is InChI=1S/C16H24N4O3/c1-10(14(22)20-16(3,4)5)17-15(23)19-13-8-6-7-12(9-13)18-11(2)21/h6-10H,1-5H3,(H,18,21)(H,20,22)(H2,17,19,23)/t10-/m0/s1. The highest BCUT2D eigenvalue weighted by atomic mass is 16.2. The fourth-order valence-electron chi connectivity index (χ4n) is 1.79. The SMILES string of the molecule is CC(=O)Nc1cccc(NC(=O)N[C@@H](C)C(=O)NC(C)(C)C)c1. The molecule has 7 heteroatoms. The largest absolute Gasteiger partial charge is 0.350 e. The Morgan fingerprint density at radius 2 is 1.61 bits per heavy atom. The van der Waals surface area contributed by atoms with Crippen molar-refractivity contribution in [1.82, 2.24) is 10.6 Å². The smallest absolute Gasteiger partial charge is 0.319 e. The van der Waals surface area contributed by atoms with Gasteiger partial charge in [0.15, 0.2) is 0 Å². The second-order valence-corrected chi connectivity index (χ2v) is 6.32. The Hall–Kier alpha value is -2.57. The lowest BCUT2D eigenvalue weighted by molar-refractivity contribution is -0.124. The van der Waals surface area contributed by atoms with Crippen LogP contribution in [0.25, 0.3) is 0 Å². The molecule has 0 aliphatic heterocycles. The summed E-state index contributed by atoms with van der Waals surface area (Å²) in [4.78, 5) is 34.9. The van der Waals surface area contributed by atoms with Crippen LogP contribution < -0.4 is 21.3 Å². The van der Waals surface area contributed by atoms with Crippen LogP contribution in [0.15, 0.2) is 24.3 Å². The molecule has 0 spiro atoms. The summed E-state index contributed by atoms with van der Waals surface area (Å²) < 4.78 is 0. The van der Waals surface area contributed by atoms with E-state index in [0.29, 0.717) is 11.4 Å². The molecule has 126 valence electrons. The van der Waals surface area contributed by atoms with Gasteiger partial charge in [0, 0.05) is 23.8 Å². The molecule has 0 radical (unpaired) electrons. The van der Waals surface area contributed by atoms with E-state index in [1.165, 1.54) is 6.92 Å². The van der Waals surface area contributed by atoms with Crippen LogP contribution in [0.5, 0.6) is 0 Å². The first-order chi connectivity index (χ1) is 10.6. The lowest BCUT2D eigenvalue weighted by atomic mass is 10.1. The molecule has 0 aliphatic rings. The van der Waals surface area contributed by atoms with Crippen LogP contribution in [0.3, 0.4) is 0 Å². The maximum atomic E-state index is 11.9. The van der Waals surface area contributed by atoms with Crippen molar-refractivity contribution >= 4 is 29.2 Å². The van der Waals surface area contributed by atoms with Gasteiger partial charge < -0.3 is 21.3 Å². The molecule has 1 aromatic carbocycles. The topological polar surface area (TPSA) is 99.3 Å². The number of hydrogen-bond donors (Lipinski definition) is 4. The fourth-order valence-corrected chi connectivity index (χ4v) is 1.79. The molecule has 0 heterocycles. The Morgan fingerprint density at radius 3 is 2.13 bits per heavy atom. The van der Waals surface area contributed by atoms with E-state index < -0.39 is 12.1 Å². The van der Waals surface area contributed by atoms with E-state index in [-0.39, 0.29) is 17.4 Å². The normalized spacial score (nSPS) is 12.0. The summed E-state index contributed by atoms with van der Waals surface area (Å²) in [5, 5.41) is 10.6. The zero-order chi connectivity index (χ0) is 17.6. The summed E-state index contributed by atoms with van der Waals surface area (Å²) in [6.45, 7) is 8.61. The third kappa shape index (κ3) is 7.30. The lowest BCUT2D eigenvalue weighted by Gasteiger charge is -2.23. The maximum absolute atomic E-state index is 11.9. The molecule has 23 heavy (non-hydrogen) atoms. The first-order valence-electron chi connectivity index (χ1n) is 7.34. The number of nitrogens with one attached hydrogen (secondary N) is 4. The van der Waals surface area contributed by atoms with Gasteiger partial charge in [-0.05, 0) is 45.9 Å². The molecule has 0 saturated heterocycles. The number of amides is 4. The maximum Gasteiger partial charge on any atom is 0.319 e. The molecule has 0 unspecified atom stereocenters. The summed E-state index contributed by atoms with van der Waals surface area (Å²) in [6, 6.07) is 5.56. The molecular weight excluding hydrogens is 296 g/mol. The first-order valence-corrected chi connectivity index (χ1v) is 7.34. The first kappa shape index (κ1) is 18.5. The summed E-state index contributed by atoms with van der Waals surface area (Å²) in [5.41, 5.74) is 0.724. The van der Waals surface area contributed by atoms with E-state index in [2.05, 4.69) is 21.3 Å². The van der Waals surface area contributed by atoms with Crippen molar-refractivity contribution in [3.05, 3.63) is 24.3 Å². The van der Waals surface area contributed by atoms with Crippen LogP contribution in [0.4, 0.5) is 16.2 Å². The van der Waals surface area contributed by atoms with Gasteiger partial charge in [0.1, 0.15) is 6.04 Å². The number of benzene rings is 1. The summed E-state index contributed by atoms with van der Waals surface area (Å²) >= 11 is 0. The number of carbonyl (C=O) groups excluding carboxylic acids is 3. The Bertz CT molecular complexity index is 593. The fraction of sp³-hybridized carbons (Fsp3) is 0.438. The Balaban J connectivity index is 2.59. The van der Waals surface area contributed by atoms with Gasteiger partial charge in [-0.3, -0.25) is 9.59 Å². The van der Waals surface area contributed by atoms with E-state index >= 15 is 0 Å². The summed E-state index contributed by atoms with van der Waals surface area (Å²) in [6.07, 6.45) is 0. The van der Waals surface area contributed by atoms with Crippen LogP contribution in [-0.4, -0.2) is 29.4 Å². The summed E-state index contributed by atoms with van der Waals surface area (Å²) in [5.74, 6) is -0.460. The average molecular weight is 320 g/mol. The quantitative estimate of drug-likeness (QED) is 0.683. The van der Waals surface area contributed by atoms with Crippen molar-refractivity contribution in [3.8, 4) is 0 Å². The molecule has 4 N–H and O–H groups in total. The van der Waals surface area contributed by atoms with E-state index in [1.807, 2.05) is 20.8 Å². The minimum absolute atomic E-state index is 0.195. The number of anilines is 2. The van der Waals surface area contributed by atoms with E-state index in [9.17, 15) is 14.4 Å². The van der Waals surface area contributed by atoms with Crippen molar-refractivity contribution in [2.45, 2.75) is 46.2 Å². The van der Waals surface area contributed by atoms with E-state index in [4.69, 9.17) is 0 Å². The number of carbonyl (C=O) groups is 3. The number of urea groups is 1. The monoisotopic (exact) mass is 320 g/mol.